The second kappa shape index (κ2) is 12.6. The molecular weight excluding hydrogens is 350 g/mol. The lowest BCUT2D eigenvalue weighted by Crippen LogP contribution is -2.24. The molecule has 1 unspecified atom stereocenters. The predicted octanol–water partition coefficient (Wildman–Crippen LogP) is 8.40. The number of aliphatic imine (C=N–C) groups is 1. The van der Waals surface area contributed by atoms with Crippen LogP contribution in [0.2, 0.25) is 0 Å². The van der Waals surface area contributed by atoms with Crippen molar-refractivity contribution >= 4 is 5.71 Å². The molecule has 158 valence electrons. The highest BCUT2D eigenvalue weighted by Gasteiger charge is 2.22. The quantitative estimate of drug-likeness (QED) is 0.240. The van der Waals surface area contributed by atoms with Gasteiger partial charge in [-0.3, -0.25) is 4.99 Å². The Morgan fingerprint density at radius 2 is 1.34 bits per heavy atom. The van der Waals surface area contributed by atoms with Crippen LogP contribution in [0.1, 0.15) is 102 Å². The average molecular weight is 392 g/mol. The molecule has 0 aliphatic rings. The van der Waals surface area contributed by atoms with Gasteiger partial charge in [0.1, 0.15) is 0 Å². The van der Waals surface area contributed by atoms with E-state index in [1.54, 1.807) is 0 Å². The highest BCUT2D eigenvalue weighted by molar-refractivity contribution is 6.13. The van der Waals surface area contributed by atoms with Crippen LogP contribution in [0, 0.1) is 0 Å². The molecule has 0 radical (unpaired) electrons. The summed E-state index contributed by atoms with van der Waals surface area (Å²) >= 11 is 0. The minimum absolute atomic E-state index is 0.000859. The number of hydrogen-bond donors (Lipinski definition) is 0. The third-order valence-electron chi connectivity index (χ3n) is 6.06. The summed E-state index contributed by atoms with van der Waals surface area (Å²) in [4.78, 5) is 5.35. The van der Waals surface area contributed by atoms with Crippen molar-refractivity contribution in [1.29, 1.82) is 0 Å². The highest BCUT2D eigenvalue weighted by Crippen LogP contribution is 2.26. The monoisotopic (exact) mass is 391 g/mol. The van der Waals surface area contributed by atoms with Crippen molar-refractivity contribution in [2.24, 2.45) is 4.99 Å². The molecule has 0 fully saturated rings. The Bertz CT molecular complexity index is 714. The van der Waals surface area contributed by atoms with Crippen molar-refractivity contribution in [3.63, 3.8) is 0 Å². The van der Waals surface area contributed by atoms with E-state index in [-0.39, 0.29) is 5.54 Å². The summed E-state index contributed by atoms with van der Waals surface area (Å²) in [6.07, 6.45) is 12.5. The Kier molecular flexibility index (Phi) is 10.2. The minimum atomic E-state index is -0.000859. The third kappa shape index (κ3) is 7.80. The molecule has 2 rings (SSSR count). The van der Waals surface area contributed by atoms with Gasteiger partial charge in [0.15, 0.2) is 0 Å². The van der Waals surface area contributed by atoms with Crippen molar-refractivity contribution < 1.29 is 0 Å². The Labute approximate surface area is 179 Å². The molecule has 0 aliphatic heterocycles. The van der Waals surface area contributed by atoms with Crippen molar-refractivity contribution in [3.05, 3.63) is 71.3 Å². The fourth-order valence-corrected chi connectivity index (χ4v) is 3.79. The average Bonchev–Trinajstić information content (AvgIpc) is 2.77. The lowest BCUT2D eigenvalue weighted by molar-refractivity contribution is 0.407. The zero-order chi connectivity index (χ0) is 21.0. The van der Waals surface area contributed by atoms with Gasteiger partial charge in [0.25, 0.3) is 0 Å². The summed E-state index contributed by atoms with van der Waals surface area (Å²) in [5.41, 5.74) is 5.04. The normalized spacial score (nSPS) is 14.0. The van der Waals surface area contributed by atoms with Crippen LogP contribution >= 0.6 is 0 Å². The zero-order valence-electron chi connectivity index (χ0n) is 19.2. The molecule has 1 nitrogen and oxygen atoms in total. The second-order valence-electron chi connectivity index (χ2n) is 8.64. The van der Waals surface area contributed by atoms with Crippen LogP contribution in [0.3, 0.4) is 0 Å². The predicted molar refractivity (Wildman–Crippen MR) is 129 cm³/mol. The fourth-order valence-electron chi connectivity index (χ4n) is 3.79. The number of nitrogens with zero attached hydrogens (tertiary/aromatic N) is 1. The summed E-state index contributed by atoms with van der Waals surface area (Å²) in [5, 5.41) is 0. The van der Waals surface area contributed by atoms with Gasteiger partial charge in [-0.15, -0.1) is 0 Å². The van der Waals surface area contributed by atoms with E-state index in [4.69, 9.17) is 4.99 Å². The standard InChI is InChI=1S/C28H41N/c1-5-8-10-11-13-16-24-19-21-26(22-20-24)27(25-17-14-12-15-18-25)29-28(4,7-3)23-9-6-2/h12,14-15,17-22H,5-11,13,16,23H2,1-4H3. The number of aryl methyl sites for hydroxylation is 1. The van der Waals surface area contributed by atoms with Gasteiger partial charge in [-0.1, -0.05) is 114 Å². The van der Waals surface area contributed by atoms with Crippen molar-refractivity contribution in [1.82, 2.24) is 0 Å². The lowest BCUT2D eigenvalue weighted by Gasteiger charge is -2.25. The lowest BCUT2D eigenvalue weighted by atomic mass is 9.91. The van der Waals surface area contributed by atoms with Crippen LogP contribution in [-0.4, -0.2) is 11.3 Å². The molecule has 0 bridgehead atoms. The molecule has 0 saturated heterocycles. The first kappa shape index (κ1) is 23.4. The molecule has 0 spiro atoms. The molecule has 0 saturated carbocycles. The van der Waals surface area contributed by atoms with E-state index in [0.717, 1.165) is 18.6 Å². The molecule has 0 heterocycles. The largest absolute Gasteiger partial charge is 0.278 e. The van der Waals surface area contributed by atoms with E-state index in [1.807, 2.05) is 0 Å². The van der Waals surface area contributed by atoms with Crippen molar-refractivity contribution in [2.45, 2.75) is 97.4 Å². The molecule has 2 aromatic rings. The van der Waals surface area contributed by atoms with E-state index in [0.29, 0.717) is 0 Å². The first-order chi connectivity index (χ1) is 14.1. The van der Waals surface area contributed by atoms with Gasteiger partial charge in [0, 0.05) is 11.1 Å². The van der Waals surface area contributed by atoms with Gasteiger partial charge in [0.2, 0.25) is 0 Å². The van der Waals surface area contributed by atoms with Gasteiger partial charge in [0.05, 0.1) is 11.3 Å². The summed E-state index contributed by atoms with van der Waals surface area (Å²) in [6, 6.07) is 19.9. The molecular formula is C28H41N. The Hall–Kier alpha value is -1.89. The first-order valence-electron chi connectivity index (χ1n) is 11.9. The van der Waals surface area contributed by atoms with Crippen LogP contribution in [0.15, 0.2) is 59.6 Å². The smallest absolute Gasteiger partial charge is 0.0725 e. The van der Waals surface area contributed by atoms with Crippen LogP contribution in [0.25, 0.3) is 0 Å². The van der Waals surface area contributed by atoms with Gasteiger partial charge >= 0.3 is 0 Å². The topological polar surface area (TPSA) is 12.4 Å². The number of hydrogen-bond acceptors (Lipinski definition) is 1. The number of benzene rings is 2. The molecule has 0 N–H and O–H groups in total. The summed E-state index contributed by atoms with van der Waals surface area (Å²) < 4.78 is 0. The SMILES string of the molecule is CCCCCCCc1ccc(C(=NC(C)(CC)CCCC)c2ccccc2)cc1. The zero-order valence-corrected chi connectivity index (χ0v) is 19.2. The van der Waals surface area contributed by atoms with Crippen LogP contribution in [0.4, 0.5) is 0 Å². The van der Waals surface area contributed by atoms with Gasteiger partial charge in [-0.2, -0.15) is 0 Å². The fraction of sp³-hybridized carbons (Fsp3) is 0.536. The Balaban J connectivity index is 2.22. The highest BCUT2D eigenvalue weighted by atomic mass is 14.9. The Morgan fingerprint density at radius 1 is 0.724 bits per heavy atom. The van der Waals surface area contributed by atoms with E-state index >= 15 is 0 Å². The Morgan fingerprint density at radius 3 is 1.97 bits per heavy atom. The van der Waals surface area contributed by atoms with Crippen LogP contribution in [-0.2, 0) is 6.42 Å². The summed E-state index contributed by atoms with van der Waals surface area (Å²) in [7, 11) is 0. The van der Waals surface area contributed by atoms with Crippen LogP contribution < -0.4 is 0 Å². The maximum atomic E-state index is 5.35. The summed E-state index contributed by atoms with van der Waals surface area (Å²) in [5.74, 6) is 0. The molecule has 0 amide bonds. The van der Waals surface area contributed by atoms with E-state index in [2.05, 4.69) is 82.3 Å². The maximum Gasteiger partial charge on any atom is 0.0725 e. The second-order valence-corrected chi connectivity index (χ2v) is 8.64. The third-order valence-corrected chi connectivity index (χ3v) is 6.06. The van der Waals surface area contributed by atoms with Crippen LogP contribution in [0.5, 0.6) is 0 Å². The first-order valence-corrected chi connectivity index (χ1v) is 11.9. The molecule has 2 aromatic carbocycles. The molecule has 1 heteroatoms. The van der Waals surface area contributed by atoms with Crippen molar-refractivity contribution in [2.75, 3.05) is 0 Å². The number of unbranched alkanes of at least 4 members (excludes halogenated alkanes) is 5. The maximum absolute atomic E-state index is 5.35. The van der Waals surface area contributed by atoms with Gasteiger partial charge in [-0.25, -0.2) is 0 Å². The van der Waals surface area contributed by atoms with Gasteiger partial charge < -0.3 is 0 Å². The number of rotatable bonds is 13. The molecule has 1 atom stereocenters. The van der Waals surface area contributed by atoms with E-state index in [9.17, 15) is 0 Å². The van der Waals surface area contributed by atoms with Gasteiger partial charge in [-0.05, 0) is 38.2 Å². The molecule has 29 heavy (non-hydrogen) atoms. The minimum Gasteiger partial charge on any atom is -0.278 e. The summed E-state index contributed by atoms with van der Waals surface area (Å²) in [6.45, 7) is 9.12. The molecule has 0 aromatic heterocycles. The van der Waals surface area contributed by atoms with E-state index < -0.39 is 0 Å². The van der Waals surface area contributed by atoms with E-state index in [1.165, 1.54) is 68.1 Å². The molecule has 0 aliphatic carbocycles. The van der Waals surface area contributed by atoms with Crippen molar-refractivity contribution in [3.8, 4) is 0 Å².